The second kappa shape index (κ2) is 6.96. The van der Waals surface area contributed by atoms with E-state index < -0.39 is 0 Å². The predicted octanol–water partition coefficient (Wildman–Crippen LogP) is 3.13. The van der Waals surface area contributed by atoms with Gasteiger partial charge < -0.3 is 9.53 Å². The van der Waals surface area contributed by atoms with E-state index in [-0.39, 0.29) is 11.9 Å². The van der Waals surface area contributed by atoms with Crippen molar-refractivity contribution in [2.75, 3.05) is 0 Å². The van der Waals surface area contributed by atoms with Gasteiger partial charge in [-0.25, -0.2) is 0 Å². The summed E-state index contributed by atoms with van der Waals surface area (Å²) in [5, 5.41) is 0. The number of carbonyl (C=O) groups is 1. The van der Waals surface area contributed by atoms with E-state index >= 15 is 0 Å². The van der Waals surface area contributed by atoms with Crippen molar-refractivity contribution in [3.8, 4) is 0 Å². The van der Waals surface area contributed by atoms with E-state index in [0.29, 0.717) is 19.4 Å². The van der Waals surface area contributed by atoms with E-state index in [2.05, 4.69) is 6.58 Å². The lowest BCUT2D eigenvalue weighted by atomic mass is 10.1. The Morgan fingerprint density at radius 1 is 1.44 bits per heavy atom. The first-order valence-corrected chi connectivity index (χ1v) is 5.50. The number of Topliss-reactive ketones (excluding diaryl/α,β-unsaturated/α-hetero) is 1. The van der Waals surface area contributed by atoms with Crippen molar-refractivity contribution in [1.29, 1.82) is 0 Å². The van der Waals surface area contributed by atoms with Crippen LogP contribution in [0.1, 0.15) is 25.3 Å². The van der Waals surface area contributed by atoms with Crippen molar-refractivity contribution in [1.82, 2.24) is 0 Å². The van der Waals surface area contributed by atoms with E-state index in [9.17, 15) is 4.79 Å². The van der Waals surface area contributed by atoms with Gasteiger partial charge in [0.15, 0.2) is 0 Å². The monoisotopic (exact) mass is 218 g/mol. The number of rotatable bonds is 7. The number of carbonyl (C=O) groups excluding carboxylic acids is 1. The van der Waals surface area contributed by atoms with Gasteiger partial charge in [-0.05, 0) is 18.9 Å². The average molecular weight is 218 g/mol. The van der Waals surface area contributed by atoms with Crippen LogP contribution in [0, 0.1) is 0 Å². The minimum atomic E-state index is -0.0379. The Hall–Kier alpha value is -1.41. The van der Waals surface area contributed by atoms with Crippen LogP contribution >= 0.6 is 0 Å². The summed E-state index contributed by atoms with van der Waals surface area (Å²) < 4.78 is 5.66. The van der Waals surface area contributed by atoms with Crippen LogP contribution in [0.3, 0.4) is 0 Å². The van der Waals surface area contributed by atoms with Crippen LogP contribution in [-0.2, 0) is 16.1 Å². The van der Waals surface area contributed by atoms with E-state index in [1.54, 1.807) is 13.0 Å². The van der Waals surface area contributed by atoms with Crippen molar-refractivity contribution in [3.05, 3.63) is 48.6 Å². The Morgan fingerprint density at radius 3 is 2.69 bits per heavy atom. The lowest BCUT2D eigenvalue weighted by molar-refractivity contribution is -0.117. The molecule has 0 aromatic heterocycles. The van der Waals surface area contributed by atoms with Crippen LogP contribution in [-0.4, -0.2) is 11.9 Å². The van der Waals surface area contributed by atoms with Gasteiger partial charge in [0.1, 0.15) is 5.78 Å². The second-order valence-electron chi connectivity index (χ2n) is 3.81. The Labute approximate surface area is 96.9 Å². The van der Waals surface area contributed by atoms with Crippen molar-refractivity contribution in [3.63, 3.8) is 0 Å². The highest BCUT2D eigenvalue weighted by Gasteiger charge is 2.06. The van der Waals surface area contributed by atoms with Crippen LogP contribution in [0.4, 0.5) is 0 Å². The van der Waals surface area contributed by atoms with Crippen molar-refractivity contribution in [2.45, 2.75) is 32.5 Å². The third kappa shape index (κ3) is 4.89. The van der Waals surface area contributed by atoms with Crippen LogP contribution in [0.15, 0.2) is 43.0 Å². The molecule has 1 aromatic rings. The molecule has 0 aliphatic heterocycles. The van der Waals surface area contributed by atoms with Crippen molar-refractivity contribution < 1.29 is 9.53 Å². The van der Waals surface area contributed by atoms with Gasteiger partial charge in [-0.3, -0.25) is 0 Å². The van der Waals surface area contributed by atoms with Gasteiger partial charge in [0.2, 0.25) is 0 Å². The van der Waals surface area contributed by atoms with Gasteiger partial charge in [-0.2, -0.15) is 0 Å². The molecule has 1 rings (SSSR count). The van der Waals surface area contributed by atoms with Gasteiger partial charge in [-0.15, -0.1) is 6.58 Å². The number of ketones is 1. The van der Waals surface area contributed by atoms with E-state index in [1.807, 2.05) is 30.3 Å². The van der Waals surface area contributed by atoms with Crippen LogP contribution in [0.5, 0.6) is 0 Å². The number of hydrogen-bond donors (Lipinski definition) is 0. The standard InChI is InChI=1S/C14H18O2/c1-3-14(10-9-12(2)15)16-11-13-7-5-4-6-8-13/h3-8,14H,1,9-11H2,2H3. The zero-order valence-corrected chi connectivity index (χ0v) is 9.69. The molecule has 0 spiro atoms. The van der Waals surface area contributed by atoms with E-state index in [1.165, 1.54) is 0 Å². The summed E-state index contributed by atoms with van der Waals surface area (Å²) in [5.74, 6) is 0.190. The molecule has 0 amide bonds. The average Bonchev–Trinajstić information content (AvgIpc) is 2.30. The Kier molecular flexibility index (Phi) is 5.51. The third-order valence-electron chi connectivity index (χ3n) is 2.35. The van der Waals surface area contributed by atoms with Crippen molar-refractivity contribution >= 4 is 5.78 Å². The van der Waals surface area contributed by atoms with Gasteiger partial charge >= 0.3 is 0 Å². The fourth-order valence-electron chi connectivity index (χ4n) is 1.39. The molecular weight excluding hydrogens is 200 g/mol. The molecule has 0 aliphatic carbocycles. The molecule has 0 bridgehead atoms. The van der Waals surface area contributed by atoms with Crippen LogP contribution < -0.4 is 0 Å². The highest BCUT2D eigenvalue weighted by atomic mass is 16.5. The fraction of sp³-hybridized carbons (Fsp3) is 0.357. The topological polar surface area (TPSA) is 26.3 Å². The molecule has 1 aromatic carbocycles. The summed E-state index contributed by atoms with van der Waals surface area (Å²) in [7, 11) is 0. The smallest absolute Gasteiger partial charge is 0.129 e. The maximum atomic E-state index is 10.8. The SMILES string of the molecule is C=CC(CCC(C)=O)OCc1ccccc1. The molecule has 0 N–H and O–H groups in total. The molecule has 2 nitrogen and oxygen atoms in total. The maximum Gasteiger partial charge on any atom is 0.129 e. The number of hydrogen-bond acceptors (Lipinski definition) is 2. The fourth-order valence-corrected chi connectivity index (χ4v) is 1.39. The maximum absolute atomic E-state index is 10.8. The molecule has 2 heteroatoms. The normalized spacial score (nSPS) is 12.1. The summed E-state index contributed by atoms with van der Waals surface area (Å²) in [4.78, 5) is 10.8. The second-order valence-corrected chi connectivity index (χ2v) is 3.81. The summed E-state index contributed by atoms with van der Waals surface area (Å²) >= 11 is 0. The molecule has 0 radical (unpaired) electrons. The minimum absolute atomic E-state index is 0.0379. The molecule has 1 unspecified atom stereocenters. The first-order valence-electron chi connectivity index (χ1n) is 5.50. The molecule has 16 heavy (non-hydrogen) atoms. The quantitative estimate of drug-likeness (QED) is 0.657. The Morgan fingerprint density at radius 2 is 2.12 bits per heavy atom. The highest BCUT2D eigenvalue weighted by molar-refractivity contribution is 5.75. The summed E-state index contributed by atoms with van der Waals surface area (Å²) in [6.45, 7) is 5.87. The Balaban J connectivity index is 2.34. The lowest BCUT2D eigenvalue weighted by Crippen LogP contribution is -2.11. The Bertz CT molecular complexity index is 330. The molecule has 1 atom stereocenters. The zero-order chi connectivity index (χ0) is 11.8. The first kappa shape index (κ1) is 12.7. The van der Waals surface area contributed by atoms with E-state index in [0.717, 1.165) is 5.56 Å². The highest BCUT2D eigenvalue weighted by Crippen LogP contribution is 2.08. The zero-order valence-electron chi connectivity index (χ0n) is 9.69. The van der Waals surface area contributed by atoms with E-state index in [4.69, 9.17) is 4.74 Å². The molecule has 0 saturated carbocycles. The van der Waals surface area contributed by atoms with Gasteiger partial charge in [-0.1, -0.05) is 36.4 Å². The summed E-state index contributed by atoms with van der Waals surface area (Å²) in [6.07, 6.45) is 2.98. The predicted molar refractivity (Wildman–Crippen MR) is 65.1 cm³/mol. The minimum Gasteiger partial charge on any atom is -0.369 e. The van der Waals surface area contributed by atoms with Crippen LogP contribution in [0.2, 0.25) is 0 Å². The molecule has 86 valence electrons. The molecule has 0 aliphatic rings. The largest absolute Gasteiger partial charge is 0.369 e. The molecular formula is C14H18O2. The first-order chi connectivity index (χ1) is 7.72. The van der Waals surface area contributed by atoms with Gasteiger partial charge in [0.05, 0.1) is 12.7 Å². The lowest BCUT2D eigenvalue weighted by Gasteiger charge is -2.13. The van der Waals surface area contributed by atoms with Gasteiger partial charge in [0.25, 0.3) is 0 Å². The van der Waals surface area contributed by atoms with Crippen LogP contribution in [0.25, 0.3) is 0 Å². The third-order valence-corrected chi connectivity index (χ3v) is 2.35. The van der Waals surface area contributed by atoms with Crippen molar-refractivity contribution in [2.24, 2.45) is 0 Å². The molecule has 0 fully saturated rings. The van der Waals surface area contributed by atoms with Gasteiger partial charge in [0, 0.05) is 6.42 Å². The summed E-state index contributed by atoms with van der Waals surface area (Å²) in [6, 6.07) is 9.98. The molecule has 0 heterocycles. The molecule has 0 saturated heterocycles. The number of ether oxygens (including phenoxy) is 1. The summed E-state index contributed by atoms with van der Waals surface area (Å²) in [5.41, 5.74) is 1.14. The number of benzene rings is 1.